The molecule has 0 saturated carbocycles. The molecule has 7 nitrogen and oxygen atoms in total. The highest BCUT2D eigenvalue weighted by molar-refractivity contribution is 6.03. The predicted octanol–water partition coefficient (Wildman–Crippen LogP) is 5.82. The molecule has 0 radical (unpaired) electrons. The summed E-state index contributed by atoms with van der Waals surface area (Å²) in [5, 5.41) is 9.59. The summed E-state index contributed by atoms with van der Waals surface area (Å²) >= 11 is 0. The van der Waals surface area contributed by atoms with Gasteiger partial charge >= 0.3 is 12.6 Å². The maximum Gasteiger partial charge on any atom is 0.387 e. The SMILES string of the molecule is CCOc1ccc(-n2c(C)cc(/C=C(\C#N)C(=O)O[C@@H](C)C(=O)c3ccc(OC(F)F)cc3)c2C)cc1. The fourth-order valence-electron chi connectivity index (χ4n) is 3.79. The number of aromatic nitrogens is 1. The van der Waals surface area contributed by atoms with Crippen molar-refractivity contribution in [2.24, 2.45) is 0 Å². The van der Waals surface area contributed by atoms with Crippen LogP contribution in [0.25, 0.3) is 11.8 Å². The van der Waals surface area contributed by atoms with Gasteiger partial charge in [0.05, 0.1) is 6.61 Å². The molecule has 0 bridgehead atoms. The summed E-state index contributed by atoms with van der Waals surface area (Å²) in [4.78, 5) is 25.3. The average molecular weight is 509 g/mol. The van der Waals surface area contributed by atoms with Gasteiger partial charge in [-0.15, -0.1) is 0 Å². The molecular formula is C28H26F2N2O5. The number of hydrogen-bond donors (Lipinski definition) is 0. The Morgan fingerprint density at radius 3 is 2.24 bits per heavy atom. The fourth-order valence-corrected chi connectivity index (χ4v) is 3.79. The Bertz CT molecular complexity index is 1340. The average Bonchev–Trinajstić information content (AvgIpc) is 3.15. The van der Waals surface area contributed by atoms with Crippen molar-refractivity contribution >= 4 is 17.8 Å². The third-order valence-electron chi connectivity index (χ3n) is 5.53. The summed E-state index contributed by atoms with van der Waals surface area (Å²) in [7, 11) is 0. The minimum atomic E-state index is -2.98. The van der Waals surface area contributed by atoms with Crippen molar-refractivity contribution in [2.75, 3.05) is 6.61 Å². The molecule has 0 amide bonds. The van der Waals surface area contributed by atoms with E-state index in [1.54, 1.807) is 0 Å². The Morgan fingerprint density at radius 1 is 1.05 bits per heavy atom. The largest absolute Gasteiger partial charge is 0.494 e. The Hall–Kier alpha value is -4.45. The number of Topliss-reactive ketones (excluding diaryl/α,β-unsaturated/α-hetero) is 1. The topological polar surface area (TPSA) is 90.5 Å². The molecular weight excluding hydrogens is 482 g/mol. The molecule has 3 aromatic rings. The molecule has 1 aromatic heterocycles. The number of benzene rings is 2. The molecule has 1 heterocycles. The second kappa shape index (κ2) is 12.0. The van der Waals surface area contributed by atoms with Crippen LogP contribution in [-0.2, 0) is 9.53 Å². The molecule has 9 heteroatoms. The Labute approximate surface area is 213 Å². The van der Waals surface area contributed by atoms with Gasteiger partial charge < -0.3 is 18.8 Å². The molecule has 0 aliphatic rings. The van der Waals surface area contributed by atoms with Gasteiger partial charge in [0.25, 0.3) is 0 Å². The summed E-state index contributed by atoms with van der Waals surface area (Å²) in [5.74, 6) is -0.854. The number of nitrogens with zero attached hydrogens (tertiary/aromatic N) is 2. The zero-order chi connectivity index (χ0) is 27.1. The van der Waals surface area contributed by atoms with Crippen molar-refractivity contribution in [1.82, 2.24) is 4.57 Å². The number of nitriles is 1. The van der Waals surface area contributed by atoms with Crippen molar-refractivity contribution in [3.63, 3.8) is 0 Å². The molecule has 3 rings (SSSR count). The monoisotopic (exact) mass is 508 g/mol. The predicted molar refractivity (Wildman–Crippen MR) is 133 cm³/mol. The van der Waals surface area contributed by atoms with E-state index in [0.717, 1.165) is 22.8 Å². The number of esters is 1. The molecule has 0 aliphatic carbocycles. The van der Waals surface area contributed by atoms with E-state index in [2.05, 4.69) is 4.74 Å². The second-order valence-corrected chi connectivity index (χ2v) is 8.07. The molecule has 0 saturated heterocycles. The Kier molecular flexibility index (Phi) is 8.80. The lowest BCUT2D eigenvalue weighted by molar-refractivity contribution is -0.141. The van der Waals surface area contributed by atoms with E-state index in [-0.39, 0.29) is 16.9 Å². The van der Waals surface area contributed by atoms with Crippen LogP contribution in [0.15, 0.2) is 60.2 Å². The maximum absolute atomic E-state index is 12.7. The first-order valence-corrected chi connectivity index (χ1v) is 11.5. The van der Waals surface area contributed by atoms with Crippen LogP contribution in [0.3, 0.4) is 0 Å². The van der Waals surface area contributed by atoms with E-state index < -0.39 is 24.5 Å². The molecule has 0 spiro atoms. The summed E-state index contributed by atoms with van der Waals surface area (Å²) in [5.41, 5.74) is 3.10. The van der Waals surface area contributed by atoms with Crippen LogP contribution in [0, 0.1) is 25.2 Å². The smallest absolute Gasteiger partial charge is 0.387 e. The lowest BCUT2D eigenvalue weighted by Crippen LogP contribution is -2.25. The highest BCUT2D eigenvalue weighted by Gasteiger charge is 2.23. The standard InChI is InChI=1S/C28H26F2N2O5/c1-5-35-24-12-8-23(9-13-24)32-17(2)14-21(18(32)3)15-22(16-31)27(34)36-19(4)26(33)20-6-10-25(11-7-20)37-28(29)30/h6-15,19,28H,5H2,1-4H3/b22-15+/t19-/m0/s1. The Morgan fingerprint density at radius 2 is 1.68 bits per heavy atom. The lowest BCUT2D eigenvalue weighted by Gasteiger charge is -2.13. The van der Waals surface area contributed by atoms with E-state index in [4.69, 9.17) is 9.47 Å². The molecule has 0 unspecified atom stereocenters. The third kappa shape index (κ3) is 6.61. The van der Waals surface area contributed by atoms with Crippen molar-refractivity contribution in [1.29, 1.82) is 5.26 Å². The fraction of sp³-hybridized carbons (Fsp3) is 0.250. The summed E-state index contributed by atoms with van der Waals surface area (Å²) in [6.07, 6.45) is 0.214. The summed E-state index contributed by atoms with van der Waals surface area (Å²) < 4.78 is 41.6. The van der Waals surface area contributed by atoms with Gasteiger partial charge in [0.2, 0.25) is 5.78 Å². The van der Waals surface area contributed by atoms with E-state index in [9.17, 15) is 23.6 Å². The molecule has 1 atom stereocenters. The van der Waals surface area contributed by atoms with Crippen LogP contribution in [0.4, 0.5) is 8.78 Å². The minimum Gasteiger partial charge on any atom is -0.494 e. The van der Waals surface area contributed by atoms with Gasteiger partial charge in [-0.2, -0.15) is 14.0 Å². The van der Waals surface area contributed by atoms with Crippen LogP contribution in [0.2, 0.25) is 0 Å². The zero-order valence-electron chi connectivity index (χ0n) is 20.8. The van der Waals surface area contributed by atoms with Gasteiger partial charge in [0, 0.05) is 22.6 Å². The van der Waals surface area contributed by atoms with Crippen LogP contribution in [0.1, 0.15) is 41.2 Å². The van der Waals surface area contributed by atoms with Gasteiger partial charge in [-0.1, -0.05) is 0 Å². The number of carbonyl (C=O) groups excluding carboxylic acids is 2. The minimum absolute atomic E-state index is 0.103. The molecule has 0 aliphatic heterocycles. The van der Waals surface area contributed by atoms with Gasteiger partial charge in [-0.25, -0.2) is 4.79 Å². The van der Waals surface area contributed by atoms with E-state index in [0.29, 0.717) is 12.2 Å². The zero-order valence-corrected chi connectivity index (χ0v) is 20.8. The third-order valence-corrected chi connectivity index (χ3v) is 5.53. The first kappa shape index (κ1) is 27.1. The lowest BCUT2D eigenvalue weighted by atomic mass is 10.1. The van der Waals surface area contributed by atoms with Crippen LogP contribution < -0.4 is 9.47 Å². The molecule has 2 aromatic carbocycles. The maximum atomic E-state index is 12.7. The van der Waals surface area contributed by atoms with Crippen LogP contribution in [0.5, 0.6) is 11.5 Å². The number of carbonyl (C=O) groups is 2. The second-order valence-electron chi connectivity index (χ2n) is 8.07. The van der Waals surface area contributed by atoms with Gasteiger partial charge in [0.1, 0.15) is 23.1 Å². The highest BCUT2D eigenvalue weighted by atomic mass is 19.3. The van der Waals surface area contributed by atoms with Crippen molar-refractivity contribution in [3.8, 4) is 23.3 Å². The van der Waals surface area contributed by atoms with E-state index >= 15 is 0 Å². The van der Waals surface area contributed by atoms with Crippen LogP contribution >= 0.6 is 0 Å². The number of alkyl halides is 2. The number of halogens is 2. The van der Waals surface area contributed by atoms with Crippen molar-refractivity contribution in [3.05, 3.63) is 82.7 Å². The molecule has 0 N–H and O–H groups in total. The summed E-state index contributed by atoms with van der Waals surface area (Å²) in [6, 6.07) is 16.3. The van der Waals surface area contributed by atoms with E-state index in [1.165, 1.54) is 37.3 Å². The molecule has 192 valence electrons. The van der Waals surface area contributed by atoms with Gasteiger partial charge in [-0.05, 0) is 93.9 Å². The quantitative estimate of drug-likeness (QED) is 0.148. The van der Waals surface area contributed by atoms with Gasteiger partial charge in [-0.3, -0.25) is 4.79 Å². The summed E-state index contributed by atoms with van der Waals surface area (Å²) in [6.45, 7) is 4.63. The van der Waals surface area contributed by atoms with Crippen molar-refractivity contribution < 1.29 is 32.6 Å². The number of ether oxygens (including phenoxy) is 3. The Balaban J connectivity index is 1.76. The van der Waals surface area contributed by atoms with Crippen molar-refractivity contribution in [2.45, 2.75) is 40.4 Å². The van der Waals surface area contributed by atoms with E-state index in [1.807, 2.05) is 61.7 Å². The van der Waals surface area contributed by atoms with Crippen LogP contribution in [-0.4, -0.2) is 35.6 Å². The van der Waals surface area contributed by atoms with Gasteiger partial charge in [0.15, 0.2) is 6.10 Å². The molecule has 37 heavy (non-hydrogen) atoms. The first-order valence-electron chi connectivity index (χ1n) is 11.5. The number of rotatable bonds is 10. The highest BCUT2D eigenvalue weighted by Crippen LogP contribution is 2.25. The number of aryl methyl sites for hydroxylation is 1. The first-order chi connectivity index (χ1) is 17.6. The number of ketones is 1. The number of hydrogen-bond acceptors (Lipinski definition) is 6. The molecule has 0 fully saturated rings. The normalized spacial score (nSPS) is 12.1.